The predicted octanol–water partition coefficient (Wildman–Crippen LogP) is 12.8. The molecule has 0 amide bonds. The number of benzene rings is 5. The molecule has 0 atom stereocenters. The van der Waals surface area contributed by atoms with Gasteiger partial charge in [-0.3, -0.25) is 0 Å². The molecule has 0 heterocycles. The zero-order chi connectivity index (χ0) is 26.1. The maximum absolute atomic E-state index is 3.88. The second-order valence-electron chi connectivity index (χ2n) is 11.3. The van der Waals surface area contributed by atoms with E-state index in [0.717, 1.165) is 0 Å². The minimum atomic E-state index is 0. The van der Waals surface area contributed by atoms with E-state index in [1.165, 1.54) is 122 Å². The van der Waals surface area contributed by atoms with Gasteiger partial charge in [0.25, 0.3) is 0 Å². The van der Waals surface area contributed by atoms with Crippen LogP contribution in [0.5, 0.6) is 0 Å². The van der Waals surface area contributed by atoms with Gasteiger partial charge in [0.1, 0.15) is 0 Å². The number of rotatable bonds is 11. The van der Waals surface area contributed by atoms with Crippen molar-refractivity contribution in [3.8, 4) is 0 Å². The summed E-state index contributed by atoms with van der Waals surface area (Å²) in [6, 6.07) is 19.9. The summed E-state index contributed by atoms with van der Waals surface area (Å²) in [6.45, 7) is 11.6. The van der Waals surface area contributed by atoms with Gasteiger partial charge in [-0.25, -0.2) is 0 Å². The molecule has 0 unspecified atom stereocenters. The quantitative estimate of drug-likeness (QED) is 0.0914. The molecule has 5 aromatic rings. The van der Waals surface area contributed by atoms with Crippen LogP contribution >= 0.6 is 15.9 Å². The topological polar surface area (TPSA) is 70.0 Å². The van der Waals surface area contributed by atoms with E-state index in [1.54, 1.807) is 0 Å². The second-order valence-corrected chi connectivity index (χ2v) is 12.2. The van der Waals surface area contributed by atoms with E-state index >= 15 is 0 Å². The van der Waals surface area contributed by atoms with Gasteiger partial charge in [-0.05, 0) is 122 Å². The summed E-state index contributed by atoms with van der Waals surface area (Å²) in [5.41, 5.74) is 4.51. The molecule has 5 aromatic carbocycles. The van der Waals surface area contributed by atoms with Crippen LogP contribution in [0.25, 0.3) is 43.1 Å². The molecule has 0 spiro atoms. The van der Waals surface area contributed by atoms with Crippen LogP contribution in [0, 0.1) is 0 Å². The molecule has 2 nitrogen and oxygen atoms in total. The third-order valence-electron chi connectivity index (χ3n) is 8.98. The lowest BCUT2D eigenvalue weighted by Crippen LogP contribution is -1.99. The zero-order valence-electron chi connectivity index (χ0n) is 24.9. The molecule has 0 aliphatic rings. The van der Waals surface area contributed by atoms with Crippen LogP contribution < -0.4 is 12.3 Å². The van der Waals surface area contributed by atoms with Gasteiger partial charge in [-0.2, -0.15) is 0 Å². The number of unbranched alkanes of at least 4 members (excludes halogenated alkanes) is 3. The molecule has 0 radical (unpaired) electrons. The van der Waals surface area contributed by atoms with Crippen molar-refractivity contribution in [1.82, 2.24) is 12.3 Å². The summed E-state index contributed by atoms with van der Waals surface area (Å²) in [5.74, 6) is 1.22. The average molecular weight is 590 g/mol. The largest absolute Gasteiger partial charge is 0.344 e. The standard InChI is InChI=1S/C36H43Br.2H3N/c1-6-11-12-13-14-23-15-28-17-26(24(7-2)8-3)21-33-34-22-30(37)19-29-18-27(25(9-4)10-5)20-32(36(29)34)31(16-23)35(28)33;;/h15-22,24-25H,6-14H2,1-5H3;2*1H3. The fourth-order valence-electron chi connectivity index (χ4n) is 6.85. The molecule has 0 saturated heterocycles. The molecule has 6 N–H and O–H groups in total. The Labute approximate surface area is 244 Å². The molecule has 3 heteroatoms. The van der Waals surface area contributed by atoms with Gasteiger partial charge in [0, 0.05) is 4.47 Å². The molecule has 0 aliphatic heterocycles. The molecule has 210 valence electrons. The molecule has 39 heavy (non-hydrogen) atoms. The van der Waals surface area contributed by atoms with Gasteiger partial charge >= 0.3 is 0 Å². The van der Waals surface area contributed by atoms with Crippen molar-refractivity contribution in [2.45, 2.75) is 104 Å². The first kappa shape index (κ1) is 31.3. The SMILES string of the molecule is CCCCCCc1cc2cc(C(CC)CC)cc3c4cc(Br)cc5cc(C(CC)CC)cc(c(c1)c23)c54.N.N. The summed E-state index contributed by atoms with van der Waals surface area (Å²) in [7, 11) is 0. The number of halogens is 1. The van der Waals surface area contributed by atoms with Gasteiger partial charge in [0.05, 0.1) is 0 Å². The van der Waals surface area contributed by atoms with Crippen molar-refractivity contribution in [2.75, 3.05) is 0 Å². The zero-order valence-corrected chi connectivity index (χ0v) is 26.5. The first-order chi connectivity index (χ1) is 18.0. The van der Waals surface area contributed by atoms with E-state index in [0.29, 0.717) is 11.8 Å². The van der Waals surface area contributed by atoms with Gasteiger partial charge in [0.2, 0.25) is 0 Å². The average Bonchev–Trinajstić information content (AvgIpc) is 2.90. The lowest BCUT2D eigenvalue weighted by atomic mass is 9.82. The van der Waals surface area contributed by atoms with Crippen molar-refractivity contribution >= 4 is 59.0 Å². The summed E-state index contributed by atoms with van der Waals surface area (Å²) >= 11 is 3.88. The van der Waals surface area contributed by atoms with E-state index in [2.05, 4.69) is 99.1 Å². The first-order valence-corrected chi connectivity index (χ1v) is 15.7. The maximum Gasteiger partial charge on any atom is 0.0187 e. The van der Waals surface area contributed by atoms with Gasteiger partial charge < -0.3 is 12.3 Å². The number of hydrogen-bond acceptors (Lipinski definition) is 2. The minimum absolute atomic E-state index is 0. The third kappa shape index (κ3) is 5.82. The van der Waals surface area contributed by atoms with Gasteiger partial charge in [-0.1, -0.05) is 106 Å². The Kier molecular flexibility index (Phi) is 10.8. The molecule has 0 saturated carbocycles. The summed E-state index contributed by atoms with van der Waals surface area (Å²) in [6.07, 6.45) is 11.2. The highest BCUT2D eigenvalue weighted by molar-refractivity contribution is 9.10. The Balaban J connectivity index is 0.00000210. The van der Waals surface area contributed by atoms with Crippen LogP contribution in [0.3, 0.4) is 0 Å². The molecular weight excluding hydrogens is 540 g/mol. The van der Waals surface area contributed by atoms with Crippen LogP contribution in [0.1, 0.15) is 115 Å². The molecule has 0 aliphatic carbocycles. The van der Waals surface area contributed by atoms with Gasteiger partial charge in [-0.15, -0.1) is 0 Å². The fraction of sp³-hybridized carbons (Fsp3) is 0.444. The number of fused-ring (bicyclic) bond motifs is 2. The van der Waals surface area contributed by atoms with Crippen molar-refractivity contribution in [1.29, 1.82) is 0 Å². The minimum Gasteiger partial charge on any atom is -0.344 e. The maximum atomic E-state index is 3.88. The molecular formula is C36H49BrN2. The predicted molar refractivity (Wildman–Crippen MR) is 180 cm³/mol. The molecule has 5 rings (SSSR count). The summed E-state index contributed by atoms with van der Waals surface area (Å²) in [4.78, 5) is 0. The Morgan fingerprint density at radius 1 is 0.538 bits per heavy atom. The Morgan fingerprint density at radius 3 is 1.54 bits per heavy atom. The van der Waals surface area contributed by atoms with Gasteiger partial charge in [0.15, 0.2) is 0 Å². The molecule has 0 fully saturated rings. The molecule has 0 bridgehead atoms. The second kappa shape index (κ2) is 13.4. The Bertz CT molecular complexity index is 1530. The van der Waals surface area contributed by atoms with Crippen molar-refractivity contribution in [3.05, 3.63) is 69.7 Å². The van der Waals surface area contributed by atoms with Crippen LogP contribution in [-0.2, 0) is 6.42 Å². The van der Waals surface area contributed by atoms with E-state index < -0.39 is 0 Å². The van der Waals surface area contributed by atoms with E-state index in [4.69, 9.17) is 0 Å². The van der Waals surface area contributed by atoms with Crippen molar-refractivity contribution < 1.29 is 0 Å². The normalized spacial score (nSPS) is 11.8. The van der Waals surface area contributed by atoms with E-state index in [-0.39, 0.29) is 12.3 Å². The highest BCUT2D eigenvalue weighted by Crippen LogP contribution is 2.45. The monoisotopic (exact) mass is 588 g/mol. The van der Waals surface area contributed by atoms with Crippen molar-refractivity contribution in [3.63, 3.8) is 0 Å². The lowest BCUT2D eigenvalue weighted by Gasteiger charge is -2.22. The highest BCUT2D eigenvalue weighted by atomic mass is 79.9. The van der Waals surface area contributed by atoms with Crippen molar-refractivity contribution in [2.24, 2.45) is 0 Å². The van der Waals surface area contributed by atoms with Crippen LogP contribution in [0.2, 0.25) is 0 Å². The van der Waals surface area contributed by atoms with Crippen LogP contribution in [-0.4, -0.2) is 0 Å². The molecule has 0 aromatic heterocycles. The Morgan fingerprint density at radius 2 is 1.03 bits per heavy atom. The van der Waals surface area contributed by atoms with Crippen LogP contribution in [0.4, 0.5) is 0 Å². The smallest absolute Gasteiger partial charge is 0.0187 e. The van der Waals surface area contributed by atoms with E-state index in [9.17, 15) is 0 Å². The Hall–Kier alpha value is -2.20. The lowest BCUT2D eigenvalue weighted by molar-refractivity contribution is 0.643. The number of aryl methyl sites for hydroxylation is 1. The third-order valence-corrected chi connectivity index (χ3v) is 9.44. The highest BCUT2D eigenvalue weighted by Gasteiger charge is 2.19. The number of hydrogen-bond donors (Lipinski definition) is 2. The summed E-state index contributed by atoms with van der Waals surface area (Å²) in [5, 5.41) is 11.5. The first-order valence-electron chi connectivity index (χ1n) is 14.9. The van der Waals surface area contributed by atoms with E-state index in [1.807, 2.05) is 0 Å². The summed E-state index contributed by atoms with van der Waals surface area (Å²) < 4.78 is 1.18. The van der Waals surface area contributed by atoms with Crippen LogP contribution in [0.15, 0.2) is 53.0 Å². The fourth-order valence-corrected chi connectivity index (χ4v) is 7.32.